The predicted molar refractivity (Wildman–Crippen MR) is 88.7 cm³/mol. The number of nitriles is 1. The summed E-state index contributed by atoms with van der Waals surface area (Å²) < 4.78 is 11.2. The molecule has 1 fully saturated rings. The standard InChI is InChI=1S/C16H23N3O2.ClH/c1-18-6-8-19(9-7-18)10-11-20-12-13-21-16-4-2-15(14-17)3-5-16;/h2-5H,6-13H2,1H3;1H. The number of likely N-dealkylation sites (N-methyl/N-ethyl adjacent to an activating group) is 1. The van der Waals surface area contributed by atoms with Crippen molar-refractivity contribution in [2.75, 3.05) is 59.6 Å². The van der Waals surface area contributed by atoms with E-state index in [0.717, 1.165) is 45.1 Å². The summed E-state index contributed by atoms with van der Waals surface area (Å²) in [5.74, 6) is 0.775. The van der Waals surface area contributed by atoms with E-state index < -0.39 is 0 Å². The highest BCUT2D eigenvalue weighted by Crippen LogP contribution is 2.11. The van der Waals surface area contributed by atoms with Gasteiger partial charge in [0.05, 0.1) is 24.8 Å². The zero-order valence-corrected chi connectivity index (χ0v) is 13.8. The Morgan fingerprint density at radius 2 is 1.73 bits per heavy atom. The van der Waals surface area contributed by atoms with Gasteiger partial charge in [-0.05, 0) is 31.3 Å². The third kappa shape index (κ3) is 6.63. The lowest BCUT2D eigenvalue weighted by molar-refractivity contribution is 0.0658. The van der Waals surface area contributed by atoms with Gasteiger partial charge in [-0.2, -0.15) is 5.26 Å². The zero-order valence-electron chi connectivity index (χ0n) is 13.0. The highest BCUT2D eigenvalue weighted by Gasteiger charge is 2.12. The van der Waals surface area contributed by atoms with Crippen LogP contribution in [0.15, 0.2) is 24.3 Å². The topological polar surface area (TPSA) is 48.7 Å². The first-order valence-corrected chi connectivity index (χ1v) is 7.39. The molecule has 0 bridgehead atoms. The molecule has 0 aliphatic carbocycles. The van der Waals surface area contributed by atoms with E-state index in [4.69, 9.17) is 14.7 Å². The summed E-state index contributed by atoms with van der Waals surface area (Å²) in [7, 11) is 2.16. The van der Waals surface area contributed by atoms with Crippen molar-refractivity contribution >= 4 is 12.4 Å². The molecule has 5 nitrogen and oxygen atoms in total. The van der Waals surface area contributed by atoms with Gasteiger partial charge in [-0.1, -0.05) is 0 Å². The van der Waals surface area contributed by atoms with E-state index in [-0.39, 0.29) is 12.4 Å². The Kier molecular flexibility index (Phi) is 8.86. The minimum Gasteiger partial charge on any atom is -0.491 e. The molecule has 22 heavy (non-hydrogen) atoms. The van der Waals surface area contributed by atoms with Gasteiger partial charge in [0.2, 0.25) is 0 Å². The number of halogens is 1. The Balaban J connectivity index is 0.00000242. The van der Waals surface area contributed by atoms with Crippen LogP contribution in [0.4, 0.5) is 0 Å². The van der Waals surface area contributed by atoms with Gasteiger partial charge in [0.1, 0.15) is 12.4 Å². The summed E-state index contributed by atoms with van der Waals surface area (Å²) in [5.41, 5.74) is 0.644. The highest BCUT2D eigenvalue weighted by molar-refractivity contribution is 5.85. The van der Waals surface area contributed by atoms with E-state index in [9.17, 15) is 0 Å². The minimum absolute atomic E-state index is 0. The molecule has 122 valence electrons. The van der Waals surface area contributed by atoms with Gasteiger partial charge in [0.15, 0.2) is 0 Å². The fraction of sp³-hybridized carbons (Fsp3) is 0.562. The van der Waals surface area contributed by atoms with Gasteiger partial charge < -0.3 is 14.4 Å². The molecule has 0 amide bonds. The van der Waals surface area contributed by atoms with Crippen LogP contribution in [-0.2, 0) is 4.74 Å². The van der Waals surface area contributed by atoms with E-state index >= 15 is 0 Å². The maximum atomic E-state index is 8.71. The summed E-state index contributed by atoms with van der Waals surface area (Å²) in [6.45, 7) is 7.40. The van der Waals surface area contributed by atoms with E-state index in [2.05, 4.69) is 22.9 Å². The summed E-state index contributed by atoms with van der Waals surface area (Å²) in [6.07, 6.45) is 0. The van der Waals surface area contributed by atoms with Gasteiger partial charge in [-0.3, -0.25) is 4.90 Å². The van der Waals surface area contributed by atoms with Crippen molar-refractivity contribution in [1.29, 1.82) is 5.26 Å². The van der Waals surface area contributed by atoms with E-state index in [0.29, 0.717) is 18.8 Å². The molecule has 1 aliphatic rings. The van der Waals surface area contributed by atoms with E-state index in [1.807, 2.05) is 12.1 Å². The van der Waals surface area contributed by atoms with Crippen molar-refractivity contribution in [3.63, 3.8) is 0 Å². The second-order valence-corrected chi connectivity index (χ2v) is 5.24. The average Bonchev–Trinajstić information content (AvgIpc) is 2.53. The van der Waals surface area contributed by atoms with Crippen LogP contribution in [0.1, 0.15) is 5.56 Å². The second-order valence-electron chi connectivity index (χ2n) is 5.24. The molecule has 0 atom stereocenters. The summed E-state index contributed by atoms with van der Waals surface area (Å²) in [4.78, 5) is 4.78. The van der Waals surface area contributed by atoms with Crippen LogP contribution >= 0.6 is 12.4 Å². The van der Waals surface area contributed by atoms with Crippen LogP contribution in [0, 0.1) is 11.3 Å². The highest BCUT2D eigenvalue weighted by atomic mass is 35.5. The lowest BCUT2D eigenvalue weighted by Crippen LogP contribution is -2.45. The minimum atomic E-state index is 0. The van der Waals surface area contributed by atoms with Gasteiger partial charge in [-0.15, -0.1) is 12.4 Å². The molecule has 1 aliphatic heterocycles. The van der Waals surface area contributed by atoms with Gasteiger partial charge in [0, 0.05) is 32.7 Å². The maximum absolute atomic E-state index is 8.71. The van der Waals surface area contributed by atoms with Gasteiger partial charge in [0.25, 0.3) is 0 Å². The molecular formula is C16H24ClN3O2. The Hall–Kier alpha value is -1.32. The van der Waals surface area contributed by atoms with Crippen LogP contribution in [0.2, 0.25) is 0 Å². The van der Waals surface area contributed by atoms with Crippen LogP contribution in [0.25, 0.3) is 0 Å². The van der Waals surface area contributed by atoms with Crippen molar-refractivity contribution in [2.24, 2.45) is 0 Å². The van der Waals surface area contributed by atoms with E-state index in [1.165, 1.54) is 0 Å². The first kappa shape index (κ1) is 18.7. The van der Waals surface area contributed by atoms with Crippen molar-refractivity contribution in [3.05, 3.63) is 29.8 Å². The lowest BCUT2D eigenvalue weighted by atomic mass is 10.2. The Morgan fingerprint density at radius 1 is 1.05 bits per heavy atom. The Labute approximate surface area is 138 Å². The van der Waals surface area contributed by atoms with Crippen molar-refractivity contribution in [3.8, 4) is 11.8 Å². The van der Waals surface area contributed by atoms with Gasteiger partial charge >= 0.3 is 0 Å². The number of benzene rings is 1. The summed E-state index contributed by atoms with van der Waals surface area (Å²) >= 11 is 0. The molecule has 0 aromatic heterocycles. The summed E-state index contributed by atoms with van der Waals surface area (Å²) in [5, 5.41) is 8.71. The Bertz CT molecular complexity index is 453. The molecule has 0 radical (unpaired) electrons. The fourth-order valence-corrected chi connectivity index (χ4v) is 2.21. The van der Waals surface area contributed by atoms with Crippen molar-refractivity contribution in [2.45, 2.75) is 0 Å². The summed E-state index contributed by atoms with van der Waals surface area (Å²) in [6, 6.07) is 9.21. The molecule has 2 rings (SSSR count). The molecule has 1 saturated heterocycles. The molecule has 0 saturated carbocycles. The molecule has 6 heteroatoms. The maximum Gasteiger partial charge on any atom is 0.119 e. The monoisotopic (exact) mass is 325 g/mol. The molecule has 0 spiro atoms. The SMILES string of the molecule is CN1CCN(CCOCCOc2ccc(C#N)cc2)CC1.Cl. The number of hydrogen-bond acceptors (Lipinski definition) is 5. The predicted octanol–water partition coefficient (Wildman–Crippen LogP) is 1.62. The normalized spacial score (nSPS) is 15.8. The first-order valence-electron chi connectivity index (χ1n) is 7.39. The number of rotatable bonds is 7. The molecule has 1 aromatic carbocycles. The molecule has 0 unspecified atom stereocenters. The van der Waals surface area contributed by atoms with Gasteiger partial charge in [-0.25, -0.2) is 0 Å². The lowest BCUT2D eigenvalue weighted by Gasteiger charge is -2.32. The third-order valence-electron chi connectivity index (χ3n) is 3.63. The van der Waals surface area contributed by atoms with Crippen molar-refractivity contribution in [1.82, 2.24) is 9.80 Å². The number of hydrogen-bond donors (Lipinski definition) is 0. The largest absolute Gasteiger partial charge is 0.491 e. The molecule has 1 aromatic rings. The average molecular weight is 326 g/mol. The quantitative estimate of drug-likeness (QED) is 0.713. The number of piperazine rings is 1. The molecule has 1 heterocycles. The Morgan fingerprint density at radius 3 is 2.36 bits per heavy atom. The van der Waals surface area contributed by atoms with Crippen molar-refractivity contribution < 1.29 is 9.47 Å². The zero-order chi connectivity index (χ0) is 14.9. The fourth-order valence-electron chi connectivity index (χ4n) is 2.21. The number of ether oxygens (including phenoxy) is 2. The third-order valence-corrected chi connectivity index (χ3v) is 3.63. The van der Waals surface area contributed by atoms with Crippen LogP contribution in [0.3, 0.4) is 0 Å². The first-order chi connectivity index (χ1) is 10.3. The van der Waals surface area contributed by atoms with E-state index in [1.54, 1.807) is 12.1 Å². The number of nitrogens with zero attached hydrogens (tertiary/aromatic N) is 3. The second kappa shape index (κ2) is 10.4. The van der Waals surface area contributed by atoms with Crippen LogP contribution in [0.5, 0.6) is 5.75 Å². The molecular weight excluding hydrogens is 302 g/mol. The smallest absolute Gasteiger partial charge is 0.119 e. The molecule has 0 N–H and O–H groups in total. The van der Waals surface area contributed by atoms with Crippen LogP contribution in [-0.4, -0.2) is 69.4 Å². The van der Waals surface area contributed by atoms with Crippen LogP contribution < -0.4 is 4.74 Å².